The summed E-state index contributed by atoms with van der Waals surface area (Å²) in [5.74, 6) is 0.0816. The summed E-state index contributed by atoms with van der Waals surface area (Å²) in [6.45, 7) is 3.06. The van der Waals surface area contributed by atoms with Crippen LogP contribution in [0.3, 0.4) is 0 Å². The predicted molar refractivity (Wildman–Crippen MR) is 111 cm³/mol. The van der Waals surface area contributed by atoms with E-state index in [9.17, 15) is 14.7 Å². The van der Waals surface area contributed by atoms with Gasteiger partial charge in [-0.05, 0) is 25.1 Å². The number of nitrogens with one attached hydrogen (secondary N) is 1. The summed E-state index contributed by atoms with van der Waals surface area (Å²) >= 11 is 0. The monoisotopic (exact) mass is 408 g/mol. The second-order valence-electron chi connectivity index (χ2n) is 7.38. The van der Waals surface area contributed by atoms with Gasteiger partial charge in [0.25, 0.3) is 11.8 Å². The summed E-state index contributed by atoms with van der Waals surface area (Å²) in [5, 5.41) is 11.4. The van der Waals surface area contributed by atoms with Crippen molar-refractivity contribution in [3.8, 4) is 5.75 Å². The van der Waals surface area contributed by atoms with Crippen molar-refractivity contribution in [3.05, 3.63) is 59.9 Å². The number of hydrogen-bond acceptors (Lipinski definition) is 5. The number of aliphatic hydroxyl groups excluding tert-OH is 1. The van der Waals surface area contributed by atoms with E-state index in [-0.39, 0.29) is 11.9 Å². The van der Waals surface area contributed by atoms with Gasteiger partial charge in [-0.1, -0.05) is 18.2 Å². The molecule has 1 fully saturated rings. The van der Waals surface area contributed by atoms with Crippen LogP contribution in [0.25, 0.3) is 11.0 Å². The van der Waals surface area contributed by atoms with Gasteiger partial charge in [0, 0.05) is 49.2 Å². The molecule has 8 nitrogen and oxygen atoms in total. The number of amides is 2. The Bertz CT molecular complexity index is 1070. The molecule has 4 rings (SSSR count). The number of methoxy groups -OCH3 is 1. The van der Waals surface area contributed by atoms with Crippen LogP contribution in [0.5, 0.6) is 5.75 Å². The number of H-pyrrole nitrogens is 1. The Morgan fingerprint density at radius 1 is 1.23 bits per heavy atom. The van der Waals surface area contributed by atoms with Crippen molar-refractivity contribution in [1.29, 1.82) is 0 Å². The summed E-state index contributed by atoms with van der Waals surface area (Å²) in [6, 6.07) is 10.6. The van der Waals surface area contributed by atoms with Gasteiger partial charge < -0.3 is 24.6 Å². The Kier molecular flexibility index (Phi) is 5.41. The normalized spacial score (nSPS) is 17.8. The number of hydrogen-bond donors (Lipinski definition) is 2. The quantitative estimate of drug-likeness (QED) is 0.688. The topological polar surface area (TPSA) is 98.8 Å². The van der Waals surface area contributed by atoms with Crippen molar-refractivity contribution in [3.63, 3.8) is 0 Å². The summed E-state index contributed by atoms with van der Waals surface area (Å²) in [5.41, 5.74) is 1.60. The first-order valence-electron chi connectivity index (χ1n) is 9.84. The lowest BCUT2D eigenvalue weighted by atomic mass is 10.1. The molecular formula is C22H24N4O4. The van der Waals surface area contributed by atoms with Gasteiger partial charge in [-0.2, -0.15) is 0 Å². The fourth-order valence-corrected chi connectivity index (χ4v) is 3.96. The smallest absolute Gasteiger partial charge is 0.256 e. The second kappa shape index (κ2) is 8.16. The molecule has 2 N–H and O–H groups in total. The number of aromatic nitrogens is 2. The number of benzene rings is 1. The molecule has 0 unspecified atom stereocenters. The van der Waals surface area contributed by atoms with E-state index in [2.05, 4.69) is 9.97 Å². The molecule has 1 aromatic carbocycles. The van der Waals surface area contributed by atoms with Crippen LogP contribution < -0.4 is 4.74 Å². The van der Waals surface area contributed by atoms with Crippen molar-refractivity contribution in [2.24, 2.45) is 0 Å². The van der Waals surface area contributed by atoms with Gasteiger partial charge in [-0.25, -0.2) is 4.98 Å². The maximum atomic E-state index is 13.1. The largest absolute Gasteiger partial charge is 0.496 e. The van der Waals surface area contributed by atoms with E-state index in [4.69, 9.17) is 4.74 Å². The summed E-state index contributed by atoms with van der Waals surface area (Å²) < 4.78 is 5.37. The number of piperazine rings is 1. The SMILES string of the molecule is COc1ccnc2[nH]cc([C@H](O)C(=O)N3CCN(C(=O)c4ccccc4)C[C@H]3C)c12. The van der Waals surface area contributed by atoms with E-state index in [1.54, 1.807) is 40.4 Å². The number of aromatic amines is 1. The molecule has 1 saturated heterocycles. The van der Waals surface area contributed by atoms with Crippen molar-refractivity contribution in [2.45, 2.75) is 19.1 Å². The second-order valence-corrected chi connectivity index (χ2v) is 7.38. The molecule has 2 aromatic heterocycles. The minimum Gasteiger partial charge on any atom is -0.496 e. The lowest BCUT2D eigenvalue weighted by Crippen LogP contribution is -2.56. The van der Waals surface area contributed by atoms with E-state index in [1.807, 2.05) is 25.1 Å². The van der Waals surface area contributed by atoms with Crippen LogP contribution in [-0.4, -0.2) is 69.5 Å². The molecule has 1 aliphatic rings. The highest BCUT2D eigenvalue weighted by Crippen LogP contribution is 2.32. The maximum Gasteiger partial charge on any atom is 0.256 e. The highest BCUT2D eigenvalue weighted by Gasteiger charge is 2.34. The summed E-state index contributed by atoms with van der Waals surface area (Å²) in [7, 11) is 1.53. The Morgan fingerprint density at radius 3 is 2.70 bits per heavy atom. The first-order valence-corrected chi connectivity index (χ1v) is 9.84. The third-order valence-corrected chi connectivity index (χ3v) is 5.53. The van der Waals surface area contributed by atoms with Crippen molar-refractivity contribution < 1.29 is 19.4 Å². The number of fused-ring (bicyclic) bond motifs is 1. The molecule has 0 saturated carbocycles. The minimum atomic E-state index is -1.35. The number of ether oxygens (including phenoxy) is 1. The van der Waals surface area contributed by atoms with Crippen molar-refractivity contribution >= 4 is 22.8 Å². The lowest BCUT2D eigenvalue weighted by Gasteiger charge is -2.40. The van der Waals surface area contributed by atoms with Crippen LogP contribution in [0.2, 0.25) is 0 Å². The van der Waals surface area contributed by atoms with Crippen LogP contribution in [0, 0.1) is 0 Å². The first kappa shape index (κ1) is 19.9. The number of carbonyl (C=O) groups excluding carboxylic acids is 2. The molecule has 0 spiro atoms. The lowest BCUT2D eigenvalue weighted by molar-refractivity contribution is -0.144. The Morgan fingerprint density at radius 2 is 2.00 bits per heavy atom. The van der Waals surface area contributed by atoms with Gasteiger partial charge >= 0.3 is 0 Å². The van der Waals surface area contributed by atoms with Gasteiger partial charge in [0.2, 0.25) is 0 Å². The zero-order valence-corrected chi connectivity index (χ0v) is 16.9. The van der Waals surface area contributed by atoms with Gasteiger partial charge in [0.05, 0.1) is 12.5 Å². The van der Waals surface area contributed by atoms with Gasteiger partial charge in [-0.15, -0.1) is 0 Å². The first-order chi connectivity index (χ1) is 14.5. The van der Waals surface area contributed by atoms with Crippen molar-refractivity contribution in [1.82, 2.24) is 19.8 Å². The third-order valence-electron chi connectivity index (χ3n) is 5.53. The summed E-state index contributed by atoms with van der Waals surface area (Å²) in [6.07, 6.45) is 1.83. The molecule has 3 aromatic rings. The molecule has 1 aliphatic heterocycles. The van der Waals surface area contributed by atoms with Gasteiger partial charge in [0.15, 0.2) is 6.10 Å². The summed E-state index contributed by atoms with van der Waals surface area (Å²) in [4.78, 5) is 36.4. The van der Waals surface area contributed by atoms with E-state index < -0.39 is 12.0 Å². The standard InChI is InChI=1S/C22H24N4O4/c1-14-13-25(21(28)15-6-4-3-5-7-15)10-11-26(14)22(29)19(27)16-12-24-20-18(16)17(30-2)8-9-23-20/h3-9,12,14,19,27H,10-11,13H2,1-2H3,(H,23,24)/t14-,19+/m1/s1. The molecule has 2 atom stereocenters. The Balaban J connectivity index is 1.50. The van der Waals surface area contributed by atoms with Crippen LogP contribution in [-0.2, 0) is 4.79 Å². The van der Waals surface area contributed by atoms with E-state index >= 15 is 0 Å². The molecule has 3 heterocycles. The number of rotatable bonds is 4. The molecule has 0 radical (unpaired) electrons. The van der Waals surface area contributed by atoms with Crippen molar-refractivity contribution in [2.75, 3.05) is 26.7 Å². The predicted octanol–water partition coefficient (Wildman–Crippen LogP) is 1.98. The number of carbonyl (C=O) groups is 2. The molecule has 0 aliphatic carbocycles. The molecule has 8 heteroatoms. The molecule has 2 amide bonds. The zero-order chi connectivity index (χ0) is 21.3. The van der Waals surface area contributed by atoms with Gasteiger partial charge in [0.1, 0.15) is 11.4 Å². The number of pyridine rings is 1. The van der Waals surface area contributed by atoms with E-state index in [1.165, 1.54) is 7.11 Å². The molecular weight excluding hydrogens is 384 g/mol. The minimum absolute atomic E-state index is 0.0532. The Hall–Kier alpha value is -3.39. The van der Waals surface area contributed by atoms with Crippen LogP contribution >= 0.6 is 0 Å². The van der Waals surface area contributed by atoms with E-state index in [0.717, 1.165) is 0 Å². The van der Waals surface area contributed by atoms with E-state index in [0.29, 0.717) is 47.5 Å². The Labute approximate surface area is 174 Å². The molecule has 156 valence electrons. The van der Waals surface area contributed by atoms with Crippen LogP contribution in [0.4, 0.5) is 0 Å². The van der Waals surface area contributed by atoms with Crippen LogP contribution in [0.1, 0.15) is 28.9 Å². The molecule has 0 bridgehead atoms. The van der Waals surface area contributed by atoms with Crippen LogP contribution in [0.15, 0.2) is 48.8 Å². The fourth-order valence-electron chi connectivity index (χ4n) is 3.96. The molecule has 30 heavy (non-hydrogen) atoms. The fraction of sp³-hybridized carbons (Fsp3) is 0.318. The third kappa shape index (κ3) is 3.50. The maximum absolute atomic E-state index is 13.1. The average Bonchev–Trinajstić information content (AvgIpc) is 3.22. The number of nitrogens with zero attached hydrogens (tertiary/aromatic N) is 3. The average molecular weight is 408 g/mol. The zero-order valence-electron chi connectivity index (χ0n) is 16.9. The van der Waals surface area contributed by atoms with Gasteiger partial charge in [-0.3, -0.25) is 9.59 Å². The number of aliphatic hydroxyl groups is 1. The highest BCUT2D eigenvalue weighted by atomic mass is 16.5. The highest BCUT2D eigenvalue weighted by molar-refractivity contribution is 5.95.